The highest BCUT2D eigenvalue weighted by atomic mass is 32.1. The number of aromatic nitrogens is 2. The predicted molar refractivity (Wildman–Crippen MR) is 103 cm³/mol. The van der Waals surface area contributed by atoms with Crippen LogP contribution in [0.3, 0.4) is 0 Å². The Labute approximate surface area is 156 Å². The van der Waals surface area contributed by atoms with Crippen LogP contribution in [0, 0.1) is 0 Å². The van der Waals surface area contributed by atoms with Crippen molar-refractivity contribution in [3.05, 3.63) is 59.9 Å². The van der Waals surface area contributed by atoms with Gasteiger partial charge in [-0.3, -0.25) is 4.79 Å². The van der Waals surface area contributed by atoms with Crippen molar-refractivity contribution < 1.29 is 9.53 Å². The number of carbonyl (C=O) groups excluding carboxylic acids is 1. The number of benzene rings is 1. The highest BCUT2D eigenvalue weighted by Gasteiger charge is 2.25. The Hall–Kier alpha value is -2.80. The Morgan fingerprint density at radius 2 is 1.81 bits per heavy atom. The van der Waals surface area contributed by atoms with Gasteiger partial charge in [0.1, 0.15) is 11.4 Å². The molecule has 1 amide bonds. The summed E-state index contributed by atoms with van der Waals surface area (Å²) in [5.41, 5.74) is 1.59. The molecule has 1 fully saturated rings. The minimum atomic E-state index is -0.000618. The molecule has 0 unspecified atom stereocenters. The number of anilines is 1. The summed E-state index contributed by atoms with van der Waals surface area (Å²) in [5, 5.41) is 2.65. The van der Waals surface area contributed by atoms with Crippen LogP contribution in [-0.4, -0.2) is 53.6 Å². The van der Waals surface area contributed by atoms with Crippen LogP contribution in [-0.2, 0) is 0 Å². The highest BCUT2D eigenvalue weighted by Crippen LogP contribution is 2.28. The maximum atomic E-state index is 12.8. The molecule has 1 aliphatic rings. The molecule has 0 radical (unpaired) electrons. The largest absolute Gasteiger partial charge is 0.495 e. The van der Waals surface area contributed by atoms with Gasteiger partial charge in [0.2, 0.25) is 0 Å². The average molecular weight is 368 g/mol. The first-order valence-corrected chi connectivity index (χ1v) is 9.40. The molecule has 4 rings (SSSR count). The van der Waals surface area contributed by atoms with Crippen LogP contribution in [0.1, 0.15) is 10.5 Å². The van der Waals surface area contributed by atoms with Crippen molar-refractivity contribution in [2.24, 2.45) is 0 Å². The molecule has 0 spiro atoms. The first kappa shape index (κ1) is 16.7. The van der Waals surface area contributed by atoms with Crippen LogP contribution in [0.2, 0.25) is 0 Å². The molecule has 2 aromatic heterocycles. The van der Waals surface area contributed by atoms with Crippen molar-refractivity contribution in [1.29, 1.82) is 0 Å². The van der Waals surface area contributed by atoms with Gasteiger partial charge in [0.15, 0.2) is 5.13 Å². The lowest BCUT2D eigenvalue weighted by atomic mass is 10.2. The summed E-state index contributed by atoms with van der Waals surface area (Å²) < 4.78 is 7.36. The van der Waals surface area contributed by atoms with Gasteiger partial charge in [0.25, 0.3) is 5.91 Å². The molecule has 26 heavy (non-hydrogen) atoms. The summed E-state index contributed by atoms with van der Waals surface area (Å²) in [5.74, 6) is 0.863. The van der Waals surface area contributed by atoms with E-state index < -0.39 is 0 Å². The topological polar surface area (TPSA) is 50.6 Å². The number of hydrogen-bond acceptors (Lipinski definition) is 5. The van der Waals surface area contributed by atoms with Gasteiger partial charge in [-0.2, -0.15) is 0 Å². The van der Waals surface area contributed by atoms with E-state index in [1.807, 2.05) is 57.6 Å². The lowest BCUT2D eigenvalue weighted by Gasteiger charge is -2.36. The standard InChI is InChI=1S/C19H20N4O2S/c1-25-17-7-3-2-6-16(17)21-10-12-22(13-11-21)18(24)15-14-26-19(20-15)23-8-4-5-9-23/h2-9,14H,10-13H2,1H3. The van der Waals surface area contributed by atoms with Crippen molar-refractivity contribution in [1.82, 2.24) is 14.5 Å². The number of nitrogens with zero attached hydrogens (tertiary/aromatic N) is 4. The van der Waals surface area contributed by atoms with Crippen molar-refractivity contribution >= 4 is 22.9 Å². The molecule has 0 saturated carbocycles. The second-order valence-electron chi connectivity index (χ2n) is 6.06. The first-order valence-electron chi connectivity index (χ1n) is 8.52. The quantitative estimate of drug-likeness (QED) is 0.711. The van der Waals surface area contributed by atoms with Crippen LogP contribution in [0.4, 0.5) is 5.69 Å². The zero-order valence-electron chi connectivity index (χ0n) is 14.5. The highest BCUT2D eigenvalue weighted by molar-refractivity contribution is 7.12. The van der Waals surface area contributed by atoms with Crippen molar-refractivity contribution in [2.75, 3.05) is 38.2 Å². The number of ether oxygens (including phenoxy) is 1. The second-order valence-corrected chi connectivity index (χ2v) is 6.89. The summed E-state index contributed by atoms with van der Waals surface area (Å²) in [4.78, 5) is 21.4. The monoisotopic (exact) mass is 368 g/mol. The number of amides is 1. The zero-order chi connectivity index (χ0) is 17.9. The third-order valence-corrected chi connectivity index (χ3v) is 5.38. The molecule has 1 aromatic carbocycles. The summed E-state index contributed by atoms with van der Waals surface area (Å²) in [7, 11) is 1.68. The zero-order valence-corrected chi connectivity index (χ0v) is 15.4. The predicted octanol–water partition coefficient (Wildman–Crippen LogP) is 2.90. The Kier molecular flexibility index (Phi) is 4.62. The van der Waals surface area contributed by atoms with E-state index in [9.17, 15) is 4.79 Å². The summed E-state index contributed by atoms with van der Waals surface area (Å²) in [6.07, 6.45) is 3.86. The van der Waals surface area contributed by atoms with E-state index in [4.69, 9.17) is 4.74 Å². The maximum absolute atomic E-state index is 12.8. The van der Waals surface area contributed by atoms with Gasteiger partial charge in [-0.25, -0.2) is 4.98 Å². The number of rotatable bonds is 4. The van der Waals surface area contributed by atoms with Gasteiger partial charge >= 0.3 is 0 Å². The van der Waals surface area contributed by atoms with Crippen molar-refractivity contribution in [2.45, 2.75) is 0 Å². The van der Waals surface area contributed by atoms with Crippen LogP contribution >= 0.6 is 11.3 Å². The molecule has 134 valence electrons. The number of para-hydroxylation sites is 2. The van der Waals surface area contributed by atoms with Gasteiger partial charge in [-0.1, -0.05) is 12.1 Å². The number of thiazole rings is 1. The van der Waals surface area contributed by atoms with Gasteiger partial charge in [-0.15, -0.1) is 11.3 Å². The van der Waals surface area contributed by atoms with E-state index in [1.54, 1.807) is 7.11 Å². The molecule has 3 aromatic rings. The Morgan fingerprint density at radius 3 is 2.54 bits per heavy atom. The van der Waals surface area contributed by atoms with Crippen LogP contribution in [0.15, 0.2) is 54.2 Å². The lowest BCUT2D eigenvalue weighted by Crippen LogP contribution is -2.49. The van der Waals surface area contributed by atoms with E-state index in [0.29, 0.717) is 18.8 Å². The SMILES string of the molecule is COc1ccccc1N1CCN(C(=O)c2csc(-n3cccc3)n2)CC1. The Morgan fingerprint density at radius 1 is 1.08 bits per heavy atom. The van der Waals surface area contributed by atoms with Crippen LogP contribution in [0.25, 0.3) is 5.13 Å². The molecular formula is C19H20N4O2S. The fourth-order valence-corrected chi connectivity index (χ4v) is 3.91. The van der Waals surface area contributed by atoms with E-state index in [2.05, 4.69) is 16.0 Å². The van der Waals surface area contributed by atoms with Crippen molar-refractivity contribution in [3.8, 4) is 10.9 Å². The molecule has 0 N–H and O–H groups in total. The Balaban J connectivity index is 1.42. The number of carbonyl (C=O) groups is 1. The minimum absolute atomic E-state index is 0.000618. The Bertz CT molecular complexity index is 883. The molecule has 1 saturated heterocycles. The molecule has 0 aliphatic carbocycles. The fourth-order valence-electron chi connectivity index (χ4n) is 3.15. The third-order valence-electron chi connectivity index (χ3n) is 4.53. The molecule has 3 heterocycles. The van der Waals surface area contributed by atoms with Gasteiger partial charge in [0, 0.05) is 44.0 Å². The van der Waals surface area contributed by atoms with E-state index >= 15 is 0 Å². The van der Waals surface area contributed by atoms with Crippen LogP contribution in [0.5, 0.6) is 5.75 Å². The van der Waals surface area contributed by atoms with E-state index in [1.165, 1.54) is 11.3 Å². The lowest BCUT2D eigenvalue weighted by molar-refractivity contribution is 0.0741. The molecule has 6 nitrogen and oxygen atoms in total. The number of methoxy groups -OCH3 is 1. The third kappa shape index (κ3) is 3.17. The molecule has 0 bridgehead atoms. The molecular weight excluding hydrogens is 348 g/mol. The molecule has 7 heteroatoms. The van der Waals surface area contributed by atoms with E-state index in [0.717, 1.165) is 29.7 Å². The summed E-state index contributed by atoms with van der Waals surface area (Å²) in [6, 6.07) is 11.9. The average Bonchev–Trinajstić information content (AvgIpc) is 3.39. The van der Waals surface area contributed by atoms with Gasteiger partial charge in [0.05, 0.1) is 12.8 Å². The van der Waals surface area contributed by atoms with Crippen LogP contribution < -0.4 is 9.64 Å². The molecule has 0 atom stereocenters. The smallest absolute Gasteiger partial charge is 0.273 e. The summed E-state index contributed by atoms with van der Waals surface area (Å²) in [6.45, 7) is 2.90. The van der Waals surface area contributed by atoms with Crippen molar-refractivity contribution in [3.63, 3.8) is 0 Å². The normalized spacial score (nSPS) is 14.5. The molecule has 1 aliphatic heterocycles. The minimum Gasteiger partial charge on any atom is -0.495 e. The van der Waals surface area contributed by atoms with E-state index in [-0.39, 0.29) is 5.91 Å². The summed E-state index contributed by atoms with van der Waals surface area (Å²) >= 11 is 1.48. The van der Waals surface area contributed by atoms with Gasteiger partial charge < -0.3 is 19.1 Å². The fraction of sp³-hybridized carbons (Fsp3) is 0.263. The van der Waals surface area contributed by atoms with Gasteiger partial charge in [-0.05, 0) is 24.3 Å². The second kappa shape index (κ2) is 7.21. The maximum Gasteiger partial charge on any atom is 0.273 e. The first-order chi connectivity index (χ1) is 12.8. The number of hydrogen-bond donors (Lipinski definition) is 0. The number of piperazine rings is 1.